The molecule has 0 fully saturated rings. The Bertz CT molecular complexity index is 331. The van der Waals surface area contributed by atoms with Gasteiger partial charge in [-0.15, -0.1) is 0 Å². The Morgan fingerprint density at radius 2 is 1.65 bits per heavy atom. The number of aliphatic carboxylic acids is 3. The van der Waals surface area contributed by atoms with Gasteiger partial charge in [0.25, 0.3) is 0 Å². The first kappa shape index (κ1) is 18.4. The zero-order valence-electron chi connectivity index (χ0n) is 11.7. The largest absolute Gasteiger partial charge is 0.481 e. The number of hydrogen-bond acceptors (Lipinski definition) is 4. The fourth-order valence-electron chi connectivity index (χ4n) is 1.95. The van der Waals surface area contributed by atoms with Crippen molar-refractivity contribution in [1.29, 1.82) is 0 Å². The molecule has 0 aliphatic heterocycles. The highest BCUT2D eigenvalue weighted by Crippen LogP contribution is 2.13. The summed E-state index contributed by atoms with van der Waals surface area (Å²) in [6.07, 6.45) is 2.24. The number of nitrogens with one attached hydrogen (secondary N) is 1. The second-order valence-electron chi connectivity index (χ2n) is 4.74. The van der Waals surface area contributed by atoms with E-state index in [0.29, 0.717) is 25.8 Å². The van der Waals surface area contributed by atoms with Gasteiger partial charge in [0.1, 0.15) is 6.04 Å². The average molecular weight is 289 g/mol. The molecule has 2 unspecified atom stereocenters. The molecule has 4 N–H and O–H groups in total. The molecule has 0 bridgehead atoms. The van der Waals surface area contributed by atoms with E-state index in [1.807, 2.05) is 6.92 Å². The zero-order chi connectivity index (χ0) is 15.5. The Balaban J connectivity index is 4.01. The standard InChI is InChI=1S/C13H23NO6/c1-2-4-9(12(17)18)5-3-8-14-10(13(19)20)6-7-11(15)16/h9-10,14H,2-8H2,1H3,(H,15,16)(H,17,18)(H,19,20). The summed E-state index contributed by atoms with van der Waals surface area (Å²) in [4.78, 5) is 32.2. The third-order valence-corrected chi connectivity index (χ3v) is 3.05. The number of rotatable bonds is 12. The summed E-state index contributed by atoms with van der Waals surface area (Å²) in [5, 5.41) is 29.2. The highest BCUT2D eigenvalue weighted by Gasteiger charge is 2.19. The molecule has 20 heavy (non-hydrogen) atoms. The summed E-state index contributed by atoms with van der Waals surface area (Å²) in [6.45, 7) is 2.28. The molecule has 0 saturated carbocycles. The minimum atomic E-state index is -1.09. The maximum Gasteiger partial charge on any atom is 0.320 e. The van der Waals surface area contributed by atoms with Crippen LogP contribution < -0.4 is 5.32 Å². The fourth-order valence-corrected chi connectivity index (χ4v) is 1.95. The fraction of sp³-hybridized carbons (Fsp3) is 0.769. The van der Waals surface area contributed by atoms with Crippen LogP contribution in [0.25, 0.3) is 0 Å². The second-order valence-corrected chi connectivity index (χ2v) is 4.74. The van der Waals surface area contributed by atoms with Crippen LogP contribution in [0.5, 0.6) is 0 Å². The van der Waals surface area contributed by atoms with E-state index in [1.165, 1.54) is 0 Å². The topological polar surface area (TPSA) is 124 Å². The minimum absolute atomic E-state index is 0.0159. The van der Waals surface area contributed by atoms with Crippen molar-refractivity contribution in [1.82, 2.24) is 5.32 Å². The first-order valence-corrected chi connectivity index (χ1v) is 6.79. The second kappa shape index (κ2) is 10.2. The molecule has 116 valence electrons. The molecule has 0 aromatic carbocycles. The Morgan fingerprint density at radius 3 is 2.10 bits per heavy atom. The third kappa shape index (κ3) is 8.47. The van der Waals surface area contributed by atoms with E-state index < -0.39 is 29.9 Å². The maximum atomic E-state index is 10.9. The average Bonchev–Trinajstić information content (AvgIpc) is 2.35. The number of carboxylic acid groups (broad SMARTS) is 3. The Labute approximate surface area is 118 Å². The van der Waals surface area contributed by atoms with Crippen LogP contribution in [0.2, 0.25) is 0 Å². The van der Waals surface area contributed by atoms with E-state index in [2.05, 4.69) is 5.32 Å². The number of hydrogen-bond donors (Lipinski definition) is 4. The van der Waals surface area contributed by atoms with Crippen molar-refractivity contribution in [2.75, 3.05) is 6.54 Å². The van der Waals surface area contributed by atoms with Crippen molar-refractivity contribution >= 4 is 17.9 Å². The molecule has 2 atom stereocenters. The zero-order valence-corrected chi connectivity index (χ0v) is 11.7. The van der Waals surface area contributed by atoms with Crippen LogP contribution in [0.3, 0.4) is 0 Å². The van der Waals surface area contributed by atoms with Gasteiger partial charge >= 0.3 is 17.9 Å². The molecule has 0 rings (SSSR count). The molecule has 7 nitrogen and oxygen atoms in total. The van der Waals surface area contributed by atoms with Crippen molar-refractivity contribution in [2.24, 2.45) is 5.92 Å². The van der Waals surface area contributed by atoms with Crippen LogP contribution in [-0.4, -0.2) is 45.8 Å². The highest BCUT2D eigenvalue weighted by molar-refractivity contribution is 5.75. The summed E-state index contributed by atoms with van der Waals surface area (Å²) < 4.78 is 0. The quantitative estimate of drug-likeness (QED) is 0.397. The van der Waals surface area contributed by atoms with Crippen molar-refractivity contribution in [2.45, 2.75) is 51.5 Å². The van der Waals surface area contributed by atoms with Gasteiger partial charge < -0.3 is 20.6 Å². The molecular weight excluding hydrogens is 266 g/mol. The van der Waals surface area contributed by atoms with Crippen LogP contribution in [0.4, 0.5) is 0 Å². The third-order valence-electron chi connectivity index (χ3n) is 3.05. The SMILES string of the molecule is CCCC(CCCNC(CCC(=O)O)C(=O)O)C(=O)O. The Hall–Kier alpha value is -1.63. The van der Waals surface area contributed by atoms with Crippen molar-refractivity contribution in [3.05, 3.63) is 0 Å². The molecule has 0 aromatic heterocycles. The van der Waals surface area contributed by atoms with E-state index in [9.17, 15) is 14.4 Å². The van der Waals surface area contributed by atoms with Gasteiger partial charge in [-0.3, -0.25) is 14.4 Å². The summed E-state index contributed by atoms with van der Waals surface area (Å²) in [5.74, 6) is -3.35. The molecule has 0 aliphatic carbocycles. The lowest BCUT2D eigenvalue weighted by Crippen LogP contribution is -2.37. The molecule has 0 aromatic rings. The van der Waals surface area contributed by atoms with Crippen molar-refractivity contribution in [3.8, 4) is 0 Å². The molecule has 0 radical (unpaired) electrons. The van der Waals surface area contributed by atoms with E-state index in [1.54, 1.807) is 0 Å². The van der Waals surface area contributed by atoms with Gasteiger partial charge in [-0.25, -0.2) is 0 Å². The van der Waals surface area contributed by atoms with Gasteiger partial charge in [-0.05, 0) is 32.2 Å². The number of carboxylic acids is 3. The van der Waals surface area contributed by atoms with Gasteiger partial charge in [0.15, 0.2) is 0 Å². The first-order chi connectivity index (χ1) is 9.38. The van der Waals surface area contributed by atoms with Crippen LogP contribution in [0.1, 0.15) is 45.4 Å². The Kier molecular flexibility index (Phi) is 9.36. The van der Waals surface area contributed by atoms with Gasteiger partial charge in [-0.2, -0.15) is 0 Å². The molecule has 0 spiro atoms. The highest BCUT2D eigenvalue weighted by atomic mass is 16.4. The van der Waals surface area contributed by atoms with E-state index in [4.69, 9.17) is 15.3 Å². The van der Waals surface area contributed by atoms with Gasteiger partial charge in [-0.1, -0.05) is 13.3 Å². The van der Waals surface area contributed by atoms with Gasteiger partial charge in [0.2, 0.25) is 0 Å². The molecule has 0 heterocycles. The monoisotopic (exact) mass is 289 g/mol. The lowest BCUT2D eigenvalue weighted by molar-refractivity contribution is -0.143. The molecule has 0 amide bonds. The predicted molar refractivity (Wildman–Crippen MR) is 71.6 cm³/mol. The van der Waals surface area contributed by atoms with Gasteiger partial charge in [0.05, 0.1) is 5.92 Å². The van der Waals surface area contributed by atoms with Crippen molar-refractivity contribution in [3.63, 3.8) is 0 Å². The molecule has 0 saturated heterocycles. The molecule has 7 heteroatoms. The number of carbonyl (C=O) groups is 3. The molecule has 0 aliphatic rings. The molecular formula is C13H23NO6. The Morgan fingerprint density at radius 1 is 1.00 bits per heavy atom. The van der Waals surface area contributed by atoms with E-state index in [-0.39, 0.29) is 12.8 Å². The summed E-state index contributed by atoms with van der Waals surface area (Å²) in [5.41, 5.74) is 0. The lowest BCUT2D eigenvalue weighted by Gasteiger charge is -2.15. The minimum Gasteiger partial charge on any atom is -0.481 e. The van der Waals surface area contributed by atoms with Crippen LogP contribution >= 0.6 is 0 Å². The maximum absolute atomic E-state index is 10.9. The first-order valence-electron chi connectivity index (χ1n) is 6.79. The van der Waals surface area contributed by atoms with Crippen molar-refractivity contribution < 1.29 is 29.7 Å². The van der Waals surface area contributed by atoms with E-state index >= 15 is 0 Å². The van der Waals surface area contributed by atoms with E-state index in [0.717, 1.165) is 6.42 Å². The normalized spacial score (nSPS) is 13.7. The van der Waals surface area contributed by atoms with Gasteiger partial charge in [0, 0.05) is 6.42 Å². The summed E-state index contributed by atoms with van der Waals surface area (Å²) >= 11 is 0. The summed E-state index contributed by atoms with van der Waals surface area (Å²) in [6, 6.07) is -0.902. The van der Waals surface area contributed by atoms with Crippen LogP contribution in [0.15, 0.2) is 0 Å². The lowest BCUT2D eigenvalue weighted by atomic mass is 9.98. The predicted octanol–water partition coefficient (Wildman–Crippen LogP) is 1.18. The van der Waals surface area contributed by atoms with Crippen LogP contribution in [-0.2, 0) is 14.4 Å². The smallest absolute Gasteiger partial charge is 0.320 e. The summed E-state index contributed by atoms with van der Waals surface area (Å²) in [7, 11) is 0. The van der Waals surface area contributed by atoms with Crippen LogP contribution in [0, 0.1) is 5.92 Å².